The lowest BCUT2D eigenvalue weighted by molar-refractivity contribution is 0.300. The minimum atomic E-state index is 0.0819. The van der Waals surface area contributed by atoms with Gasteiger partial charge in [-0.15, -0.1) is 0 Å². The highest BCUT2D eigenvalue weighted by Crippen LogP contribution is 2.21. The molecule has 0 saturated carbocycles. The predicted molar refractivity (Wildman–Crippen MR) is 85.5 cm³/mol. The molecule has 21 heavy (non-hydrogen) atoms. The number of furan rings is 1. The van der Waals surface area contributed by atoms with Gasteiger partial charge in [0.15, 0.2) is 0 Å². The minimum absolute atomic E-state index is 0.0819. The summed E-state index contributed by atoms with van der Waals surface area (Å²) in [6, 6.07) is 10.1. The van der Waals surface area contributed by atoms with Crippen molar-refractivity contribution in [2.24, 2.45) is 0 Å². The van der Waals surface area contributed by atoms with Crippen LogP contribution in [0.2, 0.25) is 0 Å². The fourth-order valence-corrected chi connectivity index (χ4v) is 2.04. The highest BCUT2D eigenvalue weighted by atomic mass is 16.5. The van der Waals surface area contributed by atoms with Crippen molar-refractivity contribution < 1.29 is 9.15 Å². The Hall–Kier alpha value is -1.74. The first kappa shape index (κ1) is 15.6. The second-order valence-electron chi connectivity index (χ2n) is 6.45. The summed E-state index contributed by atoms with van der Waals surface area (Å²) in [5.41, 5.74) is 2.33. The van der Waals surface area contributed by atoms with Crippen molar-refractivity contribution in [3.8, 4) is 5.75 Å². The van der Waals surface area contributed by atoms with Gasteiger partial charge in [0.1, 0.15) is 23.9 Å². The first-order valence-electron chi connectivity index (χ1n) is 7.37. The summed E-state index contributed by atoms with van der Waals surface area (Å²) in [6.07, 6.45) is 0. The zero-order chi connectivity index (χ0) is 15.5. The molecule has 0 bridgehead atoms. The molecule has 114 valence electrons. The molecule has 1 aromatic heterocycles. The normalized spacial score (nSPS) is 11.7. The molecule has 0 radical (unpaired) electrons. The van der Waals surface area contributed by atoms with Gasteiger partial charge < -0.3 is 14.5 Å². The van der Waals surface area contributed by atoms with E-state index in [4.69, 9.17) is 9.15 Å². The maximum Gasteiger partial charge on any atom is 0.122 e. The van der Waals surface area contributed by atoms with E-state index in [1.165, 1.54) is 0 Å². The van der Waals surface area contributed by atoms with Gasteiger partial charge in [0, 0.05) is 11.1 Å². The van der Waals surface area contributed by atoms with Crippen molar-refractivity contribution >= 4 is 0 Å². The van der Waals surface area contributed by atoms with Gasteiger partial charge in [0.2, 0.25) is 0 Å². The number of hydrogen-bond acceptors (Lipinski definition) is 3. The second-order valence-corrected chi connectivity index (χ2v) is 6.45. The SMILES string of the molecule is Cc1ccccc1OCc1cc(CNC(C)(C)C)oc1C. The minimum Gasteiger partial charge on any atom is -0.489 e. The molecule has 2 rings (SSSR count). The van der Waals surface area contributed by atoms with Crippen LogP contribution in [0.15, 0.2) is 34.7 Å². The van der Waals surface area contributed by atoms with E-state index in [2.05, 4.69) is 45.1 Å². The Labute approximate surface area is 127 Å². The van der Waals surface area contributed by atoms with Crippen LogP contribution in [0.25, 0.3) is 0 Å². The van der Waals surface area contributed by atoms with Crippen molar-refractivity contribution in [1.82, 2.24) is 5.32 Å². The summed E-state index contributed by atoms with van der Waals surface area (Å²) in [6.45, 7) is 11.7. The maximum absolute atomic E-state index is 5.88. The van der Waals surface area contributed by atoms with E-state index < -0.39 is 0 Å². The third-order valence-corrected chi connectivity index (χ3v) is 3.34. The number of hydrogen-bond donors (Lipinski definition) is 1. The lowest BCUT2D eigenvalue weighted by Crippen LogP contribution is -2.34. The van der Waals surface area contributed by atoms with Crippen molar-refractivity contribution in [2.45, 2.75) is 53.3 Å². The molecule has 3 nitrogen and oxygen atoms in total. The topological polar surface area (TPSA) is 34.4 Å². The molecule has 3 heteroatoms. The van der Waals surface area contributed by atoms with E-state index in [0.29, 0.717) is 6.61 Å². The van der Waals surface area contributed by atoms with E-state index in [0.717, 1.165) is 34.9 Å². The molecule has 0 unspecified atom stereocenters. The van der Waals surface area contributed by atoms with Crippen molar-refractivity contribution in [2.75, 3.05) is 0 Å². The van der Waals surface area contributed by atoms with Crippen molar-refractivity contribution in [1.29, 1.82) is 0 Å². The largest absolute Gasteiger partial charge is 0.489 e. The van der Waals surface area contributed by atoms with Gasteiger partial charge in [-0.3, -0.25) is 0 Å². The molecule has 0 fully saturated rings. The molecule has 2 aromatic rings. The van der Waals surface area contributed by atoms with Crippen LogP contribution in [0.4, 0.5) is 0 Å². The van der Waals surface area contributed by atoms with E-state index >= 15 is 0 Å². The van der Waals surface area contributed by atoms with Gasteiger partial charge >= 0.3 is 0 Å². The Balaban J connectivity index is 1.98. The van der Waals surface area contributed by atoms with Crippen molar-refractivity contribution in [3.05, 3.63) is 53.0 Å². The number of ether oxygens (including phenoxy) is 1. The first-order valence-corrected chi connectivity index (χ1v) is 7.37. The molecular formula is C18H25NO2. The maximum atomic E-state index is 5.88. The third kappa shape index (κ3) is 4.64. The molecule has 0 saturated heterocycles. The van der Waals surface area contributed by atoms with Gasteiger partial charge in [-0.25, -0.2) is 0 Å². The van der Waals surface area contributed by atoms with Crippen LogP contribution < -0.4 is 10.1 Å². The smallest absolute Gasteiger partial charge is 0.122 e. The van der Waals surface area contributed by atoms with Gasteiger partial charge in [-0.2, -0.15) is 0 Å². The molecule has 1 aromatic carbocycles. The monoisotopic (exact) mass is 287 g/mol. The van der Waals surface area contributed by atoms with E-state index in [1.54, 1.807) is 0 Å². The predicted octanol–water partition coefficient (Wildman–Crippen LogP) is 4.36. The molecule has 1 heterocycles. The quantitative estimate of drug-likeness (QED) is 0.887. The van der Waals surface area contributed by atoms with Crippen LogP contribution in [0.5, 0.6) is 5.75 Å². The van der Waals surface area contributed by atoms with Crippen LogP contribution in [-0.4, -0.2) is 5.54 Å². The lowest BCUT2D eigenvalue weighted by Gasteiger charge is -2.19. The molecule has 0 spiro atoms. The van der Waals surface area contributed by atoms with E-state index in [-0.39, 0.29) is 5.54 Å². The number of benzene rings is 1. The summed E-state index contributed by atoms with van der Waals surface area (Å²) in [5, 5.41) is 3.43. The zero-order valence-corrected chi connectivity index (χ0v) is 13.6. The summed E-state index contributed by atoms with van der Waals surface area (Å²) in [4.78, 5) is 0. The Kier molecular flexibility index (Phi) is 4.73. The molecule has 0 aliphatic heterocycles. The van der Waals surface area contributed by atoms with Crippen LogP contribution in [-0.2, 0) is 13.2 Å². The van der Waals surface area contributed by atoms with Crippen LogP contribution in [0.1, 0.15) is 43.4 Å². The Morgan fingerprint density at radius 3 is 2.52 bits per heavy atom. The van der Waals surface area contributed by atoms with Gasteiger partial charge in [0.05, 0.1) is 6.54 Å². The Morgan fingerprint density at radius 1 is 1.14 bits per heavy atom. The average molecular weight is 287 g/mol. The third-order valence-electron chi connectivity index (χ3n) is 3.34. The fraction of sp³-hybridized carbons (Fsp3) is 0.444. The lowest BCUT2D eigenvalue weighted by atomic mass is 10.1. The van der Waals surface area contributed by atoms with E-state index in [1.807, 2.05) is 25.1 Å². The van der Waals surface area contributed by atoms with Crippen LogP contribution in [0.3, 0.4) is 0 Å². The number of nitrogens with one attached hydrogen (secondary N) is 1. The van der Waals surface area contributed by atoms with Gasteiger partial charge in [-0.05, 0) is 52.3 Å². The fourth-order valence-electron chi connectivity index (χ4n) is 2.04. The zero-order valence-electron chi connectivity index (χ0n) is 13.6. The van der Waals surface area contributed by atoms with Crippen molar-refractivity contribution in [3.63, 3.8) is 0 Å². The Bertz CT molecular complexity index is 594. The van der Waals surface area contributed by atoms with Gasteiger partial charge in [0.25, 0.3) is 0 Å². The molecule has 0 amide bonds. The highest BCUT2D eigenvalue weighted by molar-refractivity contribution is 5.32. The number of rotatable bonds is 5. The summed E-state index contributed by atoms with van der Waals surface area (Å²) in [5.74, 6) is 2.80. The standard InChI is InChI=1S/C18H25NO2/c1-13-8-6-7-9-17(13)20-12-15-10-16(21-14(15)2)11-19-18(3,4)5/h6-10,19H,11-12H2,1-5H3. The second kappa shape index (κ2) is 6.35. The van der Waals surface area contributed by atoms with Crippen LogP contribution >= 0.6 is 0 Å². The molecule has 1 N–H and O–H groups in total. The van der Waals surface area contributed by atoms with Crippen LogP contribution in [0, 0.1) is 13.8 Å². The van der Waals surface area contributed by atoms with Gasteiger partial charge in [-0.1, -0.05) is 18.2 Å². The molecule has 0 aliphatic rings. The summed E-state index contributed by atoms with van der Waals surface area (Å²) >= 11 is 0. The highest BCUT2D eigenvalue weighted by Gasteiger charge is 2.12. The first-order chi connectivity index (χ1) is 9.85. The average Bonchev–Trinajstić information content (AvgIpc) is 2.75. The van der Waals surface area contributed by atoms with E-state index in [9.17, 15) is 0 Å². The summed E-state index contributed by atoms with van der Waals surface area (Å²) in [7, 11) is 0. The molecule has 0 atom stereocenters. The summed E-state index contributed by atoms with van der Waals surface area (Å²) < 4.78 is 11.7. The number of para-hydroxylation sites is 1. The number of aryl methyl sites for hydroxylation is 2. The Morgan fingerprint density at radius 2 is 1.86 bits per heavy atom. The molecule has 0 aliphatic carbocycles. The molecular weight excluding hydrogens is 262 g/mol.